The molecule has 33 heavy (non-hydrogen) atoms. The highest BCUT2D eigenvalue weighted by atomic mass is 35.5. The zero-order valence-corrected chi connectivity index (χ0v) is 19.0. The zero-order valence-electron chi connectivity index (χ0n) is 18.1. The summed E-state index contributed by atoms with van der Waals surface area (Å²) in [6.07, 6.45) is 3.45. The fourth-order valence-electron chi connectivity index (χ4n) is 4.13. The van der Waals surface area contributed by atoms with Crippen LogP contribution in [-0.4, -0.2) is 45.1 Å². The quantitative estimate of drug-likeness (QED) is 0.407. The SMILES string of the molecule is Cl.O=c1cc(OCc2ccccc2)ccn1-c1ccc2c(cnn2CCN2CC[C@@H](F)C2)c1. The van der Waals surface area contributed by atoms with Crippen LogP contribution in [0.3, 0.4) is 0 Å². The second-order valence-electron chi connectivity index (χ2n) is 8.14. The van der Waals surface area contributed by atoms with E-state index in [0.29, 0.717) is 31.9 Å². The number of alkyl halides is 1. The first-order valence-electron chi connectivity index (χ1n) is 10.9. The fraction of sp³-hybridized carbons (Fsp3) is 0.280. The zero-order chi connectivity index (χ0) is 21.9. The van der Waals surface area contributed by atoms with Crippen molar-refractivity contribution in [3.05, 3.63) is 89.0 Å². The third kappa shape index (κ3) is 5.26. The molecule has 1 aliphatic rings. The van der Waals surface area contributed by atoms with Gasteiger partial charge in [0.1, 0.15) is 18.5 Å². The van der Waals surface area contributed by atoms with Crippen molar-refractivity contribution in [3.63, 3.8) is 0 Å². The summed E-state index contributed by atoms with van der Waals surface area (Å²) in [6.45, 7) is 3.22. The van der Waals surface area contributed by atoms with Crippen LogP contribution in [-0.2, 0) is 13.2 Å². The van der Waals surface area contributed by atoms with Gasteiger partial charge in [-0.25, -0.2) is 4.39 Å². The fourth-order valence-corrected chi connectivity index (χ4v) is 4.13. The highest BCUT2D eigenvalue weighted by molar-refractivity contribution is 5.85. The number of hydrogen-bond acceptors (Lipinski definition) is 4. The van der Waals surface area contributed by atoms with Gasteiger partial charge in [-0.2, -0.15) is 5.10 Å². The molecule has 0 amide bonds. The number of likely N-dealkylation sites (tertiary alicyclic amines) is 1. The summed E-state index contributed by atoms with van der Waals surface area (Å²) in [5.41, 5.74) is 2.67. The highest BCUT2D eigenvalue weighted by Gasteiger charge is 2.21. The van der Waals surface area contributed by atoms with Gasteiger partial charge < -0.3 is 4.74 Å². The Morgan fingerprint density at radius 3 is 2.67 bits per heavy atom. The summed E-state index contributed by atoms with van der Waals surface area (Å²) in [5, 5.41) is 5.45. The van der Waals surface area contributed by atoms with Gasteiger partial charge in [0.05, 0.1) is 18.3 Å². The highest BCUT2D eigenvalue weighted by Crippen LogP contribution is 2.19. The number of aromatic nitrogens is 3. The Balaban J connectivity index is 0.00000259. The molecule has 0 aliphatic carbocycles. The van der Waals surface area contributed by atoms with Gasteiger partial charge in [-0.3, -0.25) is 18.9 Å². The predicted molar refractivity (Wildman–Crippen MR) is 129 cm³/mol. The lowest BCUT2D eigenvalue weighted by Gasteiger charge is -2.14. The summed E-state index contributed by atoms with van der Waals surface area (Å²) in [4.78, 5) is 14.8. The molecule has 1 aliphatic heterocycles. The molecule has 6 nitrogen and oxygen atoms in total. The van der Waals surface area contributed by atoms with Crippen LogP contribution in [0.15, 0.2) is 77.9 Å². The number of benzene rings is 2. The third-order valence-electron chi connectivity index (χ3n) is 5.89. The average Bonchev–Trinajstić information content (AvgIpc) is 3.42. The van der Waals surface area contributed by atoms with E-state index in [0.717, 1.165) is 35.2 Å². The van der Waals surface area contributed by atoms with E-state index < -0.39 is 6.17 Å². The van der Waals surface area contributed by atoms with Crippen molar-refractivity contribution in [3.8, 4) is 11.4 Å². The smallest absolute Gasteiger partial charge is 0.258 e. The summed E-state index contributed by atoms with van der Waals surface area (Å²) in [6, 6.07) is 19.0. The van der Waals surface area contributed by atoms with Gasteiger partial charge in [0, 0.05) is 43.0 Å². The van der Waals surface area contributed by atoms with E-state index in [4.69, 9.17) is 4.74 Å². The maximum Gasteiger partial charge on any atom is 0.258 e. The molecule has 4 aromatic rings. The van der Waals surface area contributed by atoms with Crippen LogP contribution in [0.2, 0.25) is 0 Å². The maximum absolute atomic E-state index is 13.4. The second-order valence-corrected chi connectivity index (χ2v) is 8.14. The van der Waals surface area contributed by atoms with Gasteiger partial charge in [-0.05, 0) is 36.2 Å². The van der Waals surface area contributed by atoms with Crippen LogP contribution in [0.4, 0.5) is 4.39 Å². The van der Waals surface area contributed by atoms with Crippen molar-refractivity contribution in [1.82, 2.24) is 19.2 Å². The number of ether oxygens (including phenoxy) is 1. The molecule has 0 N–H and O–H groups in total. The van der Waals surface area contributed by atoms with Crippen molar-refractivity contribution in [1.29, 1.82) is 0 Å². The van der Waals surface area contributed by atoms with Crippen molar-refractivity contribution >= 4 is 23.3 Å². The topological polar surface area (TPSA) is 52.3 Å². The van der Waals surface area contributed by atoms with Crippen molar-refractivity contribution in [2.45, 2.75) is 25.7 Å². The van der Waals surface area contributed by atoms with E-state index in [9.17, 15) is 9.18 Å². The number of rotatable bonds is 7. The summed E-state index contributed by atoms with van der Waals surface area (Å²) >= 11 is 0. The molecule has 0 spiro atoms. The molecule has 1 fully saturated rings. The Kier molecular flexibility index (Phi) is 7.11. The van der Waals surface area contributed by atoms with Crippen molar-refractivity contribution in [2.75, 3.05) is 19.6 Å². The van der Waals surface area contributed by atoms with Crippen LogP contribution in [0.1, 0.15) is 12.0 Å². The molecule has 2 aromatic carbocycles. The number of hydrogen-bond donors (Lipinski definition) is 0. The predicted octanol–water partition coefficient (Wildman–Crippen LogP) is 4.23. The summed E-state index contributed by atoms with van der Waals surface area (Å²) in [7, 11) is 0. The minimum atomic E-state index is -0.708. The molecule has 0 radical (unpaired) electrons. The first-order chi connectivity index (χ1) is 15.7. The van der Waals surface area contributed by atoms with Crippen LogP contribution in [0, 0.1) is 0 Å². The lowest BCUT2D eigenvalue weighted by molar-refractivity contribution is 0.277. The third-order valence-corrected chi connectivity index (χ3v) is 5.89. The molecule has 0 unspecified atom stereocenters. The molecule has 1 saturated heterocycles. The molecule has 5 rings (SSSR count). The lowest BCUT2D eigenvalue weighted by Crippen LogP contribution is -2.25. The van der Waals surface area contributed by atoms with Crippen LogP contribution in [0.5, 0.6) is 5.75 Å². The maximum atomic E-state index is 13.4. The molecule has 3 heterocycles. The van der Waals surface area contributed by atoms with Crippen LogP contribution >= 0.6 is 12.4 Å². The standard InChI is InChI=1S/C25H25FN4O2.ClH/c26-21-8-10-28(17-21)12-13-30-24-7-6-22(14-20(24)16-27-30)29-11-9-23(15-25(29)31)32-18-19-4-2-1-3-5-19;/h1-7,9,11,14-16,21H,8,10,12-13,17-18H2;1H/t21-;/m1./s1. The number of halogens is 2. The molecule has 172 valence electrons. The average molecular weight is 469 g/mol. The Morgan fingerprint density at radius 2 is 1.91 bits per heavy atom. The molecular weight excluding hydrogens is 443 g/mol. The van der Waals surface area contributed by atoms with E-state index in [1.54, 1.807) is 16.8 Å². The van der Waals surface area contributed by atoms with Gasteiger partial charge in [-0.1, -0.05) is 30.3 Å². The molecule has 2 aromatic heterocycles. The van der Waals surface area contributed by atoms with Gasteiger partial charge in [0.25, 0.3) is 5.56 Å². The Bertz CT molecular complexity index is 1270. The largest absolute Gasteiger partial charge is 0.489 e. The molecule has 8 heteroatoms. The second kappa shape index (κ2) is 10.2. The molecular formula is C25H26ClFN4O2. The van der Waals surface area contributed by atoms with Gasteiger partial charge in [0.15, 0.2) is 0 Å². The molecule has 0 bridgehead atoms. The van der Waals surface area contributed by atoms with Crippen molar-refractivity contribution in [2.24, 2.45) is 0 Å². The summed E-state index contributed by atoms with van der Waals surface area (Å²) in [5.74, 6) is 0.543. The number of pyridine rings is 1. The van der Waals surface area contributed by atoms with E-state index in [2.05, 4.69) is 10.00 Å². The Hall–Kier alpha value is -3.16. The minimum absolute atomic E-state index is 0. The van der Waals surface area contributed by atoms with Crippen molar-refractivity contribution < 1.29 is 9.13 Å². The lowest BCUT2D eigenvalue weighted by atomic mass is 10.2. The van der Waals surface area contributed by atoms with E-state index in [-0.39, 0.29) is 18.0 Å². The van der Waals surface area contributed by atoms with Gasteiger partial charge in [-0.15, -0.1) is 12.4 Å². The Labute approximate surface area is 197 Å². The number of nitrogens with zero attached hydrogens (tertiary/aromatic N) is 4. The minimum Gasteiger partial charge on any atom is -0.489 e. The Morgan fingerprint density at radius 1 is 1.06 bits per heavy atom. The van der Waals surface area contributed by atoms with Crippen LogP contribution < -0.4 is 10.3 Å². The van der Waals surface area contributed by atoms with Gasteiger partial charge in [0.2, 0.25) is 0 Å². The first-order valence-corrected chi connectivity index (χ1v) is 10.9. The first kappa shape index (κ1) is 23.0. The van der Waals surface area contributed by atoms with Gasteiger partial charge >= 0.3 is 0 Å². The summed E-state index contributed by atoms with van der Waals surface area (Å²) < 4.78 is 22.7. The van der Waals surface area contributed by atoms with Crippen LogP contribution in [0.25, 0.3) is 16.6 Å². The molecule has 1 atom stereocenters. The number of fused-ring (bicyclic) bond motifs is 1. The van der Waals surface area contributed by atoms with E-state index >= 15 is 0 Å². The van der Waals surface area contributed by atoms with E-state index in [1.807, 2.05) is 59.4 Å². The normalized spacial score (nSPS) is 16.1. The monoisotopic (exact) mass is 468 g/mol. The molecule has 0 saturated carbocycles. The van der Waals surface area contributed by atoms with E-state index in [1.165, 1.54) is 6.07 Å².